The number of pyridine rings is 1. The van der Waals surface area contributed by atoms with E-state index in [1.807, 2.05) is 38.1 Å². The van der Waals surface area contributed by atoms with Crippen molar-refractivity contribution < 1.29 is 0 Å². The molecule has 0 aliphatic rings. The number of hydrogen-bond acceptors (Lipinski definition) is 5. The molecule has 0 saturated heterocycles. The molecule has 3 aromatic heterocycles. The molecule has 7 heteroatoms. The quantitative estimate of drug-likeness (QED) is 0.535. The van der Waals surface area contributed by atoms with Gasteiger partial charge in [0.1, 0.15) is 11.3 Å². The summed E-state index contributed by atoms with van der Waals surface area (Å²) in [7, 11) is 0. The Balaban J connectivity index is 2.07. The van der Waals surface area contributed by atoms with Crippen molar-refractivity contribution >= 4 is 16.8 Å². The summed E-state index contributed by atoms with van der Waals surface area (Å²) < 4.78 is 3.14. The maximum absolute atomic E-state index is 12.8. The highest BCUT2D eigenvalue weighted by Crippen LogP contribution is 2.16. The largest absolute Gasteiger partial charge is 0.285 e. The zero-order valence-electron chi connectivity index (χ0n) is 13.0. The van der Waals surface area contributed by atoms with Crippen molar-refractivity contribution in [2.75, 3.05) is 0 Å². The van der Waals surface area contributed by atoms with Gasteiger partial charge >= 0.3 is 0 Å². The Kier molecular flexibility index (Phi) is 2.77. The maximum atomic E-state index is 12.8. The summed E-state index contributed by atoms with van der Waals surface area (Å²) in [6, 6.07) is 7.81. The van der Waals surface area contributed by atoms with Crippen LogP contribution in [0, 0.1) is 20.8 Å². The molecular weight excluding hydrogens is 292 g/mol. The van der Waals surface area contributed by atoms with Crippen molar-refractivity contribution in [3.8, 4) is 5.69 Å². The summed E-state index contributed by atoms with van der Waals surface area (Å²) in [5.41, 5.74) is 3.59. The van der Waals surface area contributed by atoms with Gasteiger partial charge in [0, 0.05) is 6.20 Å². The van der Waals surface area contributed by atoms with Gasteiger partial charge in [-0.25, -0.2) is 0 Å². The average molecular weight is 306 g/mol. The van der Waals surface area contributed by atoms with Crippen LogP contribution >= 0.6 is 0 Å². The van der Waals surface area contributed by atoms with E-state index in [4.69, 9.17) is 0 Å². The molecule has 0 bridgehead atoms. The number of hydrogen-bond donors (Lipinski definition) is 0. The number of nitrogens with zero attached hydrogens (tertiary/aromatic N) is 6. The first kappa shape index (κ1) is 13.6. The van der Waals surface area contributed by atoms with Crippen LogP contribution in [0.15, 0.2) is 35.3 Å². The highest BCUT2D eigenvalue weighted by Gasteiger charge is 2.13. The summed E-state index contributed by atoms with van der Waals surface area (Å²) in [4.78, 5) is 17.0. The van der Waals surface area contributed by atoms with Crippen molar-refractivity contribution in [3.05, 3.63) is 57.8 Å². The van der Waals surface area contributed by atoms with Gasteiger partial charge in [0.05, 0.1) is 5.69 Å². The standard InChI is InChI=1S/C16H14N6O/c1-9-4-5-10(2)13(8-9)21-7-6-12-14(15(21)23)18-19-16-17-11(3)20-22(12)16/h4-8H,1-3H3. The van der Waals surface area contributed by atoms with Crippen LogP contribution in [0.5, 0.6) is 0 Å². The molecule has 3 heterocycles. The zero-order valence-corrected chi connectivity index (χ0v) is 13.0. The first-order valence-electron chi connectivity index (χ1n) is 7.23. The van der Waals surface area contributed by atoms with Crippen molar-refractivity contribution in [1.82, 2.24) is 29.4 Å². The van der Waals surface area contributed by atoms with Crippen LogP contribution in [-0.2, 0) is 0 Å². The second-order valence-corrected chi connectivity index (χ2v) is 5.59. The van der Waals surface area contributed by atoms with E-state index in [0.29, 0.717) is 17.1 Å². The van der Waals surface area contributed by atoms with Crippen LogP contribution in [-0.4, -0.2) is 29.4 Å². The summed E-state index contributed by atoms with van der Waals surface area (Å²) in [6.45, 7) is 5.75. The molecule has 0 radical (unpaired) electrons. The topological polar surface area (TPSA) is 78.0 Å². The van der Waals surface area contributed by atoms with E-state index < -0.39 is 0 Å². The highest BCUT2D eigenvalue weighted by molar-refractivity contribution is 5.74. The fraction of sp³-hybridized carbons (Fsp3) is 0.188. The lowest BCUT2D eigenvalue weighted by Crippen LogP contribution is -2.21. The predicted molar refractivity (Wildman–Crippen MR) is 85.9 cm³/mol. The van der Waals surface area contributed by atoms with Crippen LogP contribution in [0.4, 0.5) is 0 Å². The van der Waals surface area contributed by atoms with Crippen molar-refractivity contribution in [1.29, 1.82) is 0 Å². The van der Waals surface area contributed by atoms with E-state index >= 15 is 0 Å². The fourth-order valence-electron chi connectivity index (χ4n) is 2.67. The molecule has 0 atom stereocenters. The minimum Gasteiger partial charge on any atom is -0.282 e. The molecule has 4 aromatic rings. The Labute approximate surface area is 131 Å². The molecule has 0 amide bonds. The smallest absolute Gasteiger partial charge is 0.282 e. The molecule has 0 aliphatic heterocycles. The minimum atomic E-state index is -0.223. The molecule has 1 aromatic carbocycles. The molecule has 23 heavy (non-hydrogen) atoms. The van der Waals surface area contributed by atoms with Crippen molar-refractivity contribution in [2.24, 2.45) is 0 Å². The maximum Gasteiger partial charge on any atom is 0.285 e. The Morgan fingerprint density at radius 2 is 1.87 bits per heavy atom. The zero-order chi connectivity index (χ0) is 16.1. The number of aryl methyl sites for hydroxylation is 3. The second-order valence-electron chi connectivity index (χ2n) is 5.59. The number of fused-ring (bicyclic) bond motifs is 3. The highest BCUT2D eigenvalue weighted by atomic mass is 16.1. The van der Waals surface area contributed by atoms with Gasteiger partial charge in [0.2, 0.25) is 0 Å². The van der Waals surface area contributed by atoms with Gasteiger partial charge in [-0.1, -0.05) is 12.1 Å². The molecule has 0 unspecified atom stereocenters. The molecule has 114 valence electrons. The third-order valence-corrected chi connectivity index (χ3v) is 3.83. The Morgan fingerprint density at radius 1 is 1.04 bits per heavy atom. The van der Waals surface area contributed by atoms with Crippen LogP contribution < -0.4 is 5.56 Å². The van der Waals surface area contributed by atoms with Crippen LogP contribution in [0.2, 0.25) is 0 Å². The van der Waals surface area contributed by atoms with E-state index in [-0.39, 0.29) is 11.1 Å². The van der Waals surface area contributed by atoms with E-state index in [9.17, 15) is 4.79 Å². The second kappa shape index (κ2) is 4.70. The van der Waals surface area contributed by atoms with Crippen LogP contribution in [0.25, 0.3) is 22.5 Å². The Hall–Kier alpha value is -3.09. The molecule has 7 nitrogen and oxygen atoms in total. The normalized spacial score (nSPS) is 11.4. The lowest BCUT2D eigenvalue weighted by atomic mass is 10.1. The van der Waals surface area contributed by atoms with Gasteiger partial charge < -0.3 is 0 Å². The third-order valence-electron chi connectivity index (χ3n) is 3.83. The Morgan fingerprint density at radius 3 is 2.70 bits per heavy atom. The molecule has 4 rings (SSSR count). The first-order valence-corrected chi connectivity index (χ1v) is 7.23. The average Bonchev–Trinajstić information content (AvgIpc) is 2.91. The van der Waals surface area contributed by atoms with Crippen molar-refractivity contribution in [3.63, 3.8) is 0 Å². The minimum absolute atomic E-state index is 0.223. The molecule has 0 saturated carbocycles. The molecule has 0 aliphatic carbocycles. The number of rotatable bonds is 1. The molecule has 0 spiro atoms. The lowest BCUT2D eigenvalue weighted by molar-refractivity contribution is 0.903. The summed E-state index contributed by atoms with van der Waals surface area (Å²) in [5, 5.41) is 12.3. The SMILES string of the molecule is Cc1ccc(C)c(-n2ccc3c(nnc4nc(C)nn43)c2=O)c1. The fourth-order valence-corrected chi connectivity index (χ4v) is 2.67. The van der Waals surface area contributed by atoms with E-state index in [0.717, 1.165) is 16.8 Å². The van der Waals surface area contributed by atoms with Gasteiger partial charge in [-0.05, 0) is 44.0 Å². The monoisotopic (exact) mass is 306 g/mol. The summed E-state index contributed by atoms with van der Waals surface area (Å²) in [5.74, 6) is 0.976. The van der Waals surface area contributed by atoms with Gasteiger partial charge in [-0.2, -0.15) is 9.50 Å². The number of benzene rings is 1. The molecule has 0 fully saturated rings. The summed E-state index contributed by atoms with van der Waals surface area (Å²) >= 11 is 0. The third kappa shape index (κ3) is 2.01. The van der Waals surface area contributed by atoms with Crippen LogP contribution in [0.3, 0.4) is 0 Å². The number of aromatic nitrogens is 6. The van der Waals surface area contributed by atoms with Gasteiger partial charge in [-0.3, -0.25) is 9.36 Å². The Bertz CT molecular complexity index is 1120. The van der Waals surface area contributed by atoms with E-state index in [1.54, 1.807) is 22.2 Å². The predicted octanol–water partition coefficient (Wildman–Crippen LogP) is 1.75. The van der Waals surface area contributed by atoms with Gasteiger partial charge in [-0.15, -0.1) is 15.3 Å². The molecular formula is C16H14N6O. The van der Waals surface area contributed by atoms with Crippen molar-refractivity contribution in [2.45, 2.75) is 20.8 Å². The molecule has 0 N–H and O–H groups in total. The van der Waals surface area contributed by atoms with E-state index in [1.165, 1.54) is 0 Å². The lowest BCUT2D eigenvalue weighted by Gasteiger charge is -2.10. The van der Waals surface area contributed by atoms with Gasteiger partial charge in [0.25, 0.3) is 11.3 Å². The first-order chi connectivity index (χ1) is 11.0. The summed E-state index contributed by atoms with van der Waals surface area (Å²) in [6.07, 6.45) is 1.74. The van der Waals surface area contributed by atoms with Gasteiger partial charge in [0.15, 0.2) is 5.52 Å². The van der Waals surface area contributed by atoms with E-state index in [2.05, 4.69) is 20.3 Å². The van der Waals surface area contributed by atoms with Crippen LogP contribution in [0.1, 0.15) is 17.0 Å².